The molecule has 152 valence electrons. The predicted molar refractivity (Wildman–Crippen MR) is 126 cm³/mol. The Morgan fingerprint density at radius 2 is 1.87 bits per heavy atom. The summed E-state index contributed by atoms with van der Waals surface area (Å²) in [6.45, 7) is 2.82. The maximum absolute atomic E-state index is 13.0. The van der Waals surface area contributed by atoms with Crippen molar-refractivity contribution < 1.29 is 4.79 Å². The minimum atomic E-state index is -0.0192. The lowest BCUT2D eigenvalue weighted by molar-refractivity contribution is -0.122. The fourth-order valence-electron chi connectivity index (χ4n) is 3.29. The van der Waals surface area contributed by atoms with Gasteiger partial charge in [0, 0.05) is 36.3 Å². The van der Waals surface area contributed by atoms with Crippen molar-refractivity contribution in [1.29, 1.82) is 0 Å². The number of nitrogens with zero attached hydrogens (tertiary/aromatic N) is 4. The zero-order chi connectivity index (χ0) is 20.9. The van der Waals surface area contributed by atoms with Crippen molar-refractivity contribution in [3.05, 3.63) is 71.5 Å². The molecule has 0 saturated carbocycles. The maximum atomic E-state index is 13.0. The van der Waals surface area contributed by atoms with Crippen molar-refractivity contribution in [2.45, 2.75) is 26.2 Å². The molecule has 0 spiro atoms. The van der Waals surface area contributed by atoms with Gasteiger partial charge in [-0.05, 0) is 36.8 Å². The summed E-state index contributed by atoms with van der Waals surface area (Å²) in [5.74, 6) is -0.0192. The minimum Gasteiger partial charge on any atom is -0.293 e. The fraction of sp³-hybridized carbons (Fsp3) is 0.217. The van der Waals surface area contributed by atoms with Gasteiger partial charge < -0.3 is 0 Å². The van der Waals surface area contributed by atoms with E-state index >= 15 is 0 Å². The Morgan fingerprint density at radius 1 is 1.10 bits per heavy atom. The van der Waals surface area contributed by atoms with Gasteiger partial charge in [0.25, 0.3) is 5.91 Å². The molecule has 1 fully saturated rings. The first kappa shape index (κ1) is 20.5. The molecule has 0 radical (unpaired) electrons. The lowest BCUT2D eigenvalue weighted by Crippen LogP contribution is -2.28. The second kappa shape index (κ2) is 9.36. The summed E-state index contributed by atoms with van der Waals surface area (Å²) in [7, 11) is 0. The highest BCUT2D eigenvalue weighted by Crippen LogP contribution is 2.35. The van der Waals surface area contributed by atoms with E-state index in [-0.39, 0.29) is 5.91 Å². The molecule has 0 N–H and O–H groups in total. The molecule has 5 nitrogen and oxygen atoms in total. The van der Waals surface area contributed by atoms with Gasteiger partial charge in [0.15, 0.2) is 0 Å². The van der Waals surface area contributed by atoms with Crippen LogP contribution >= 0.6 is 24.0 Å². The first-order valence-electron chi connectivity index (χ1n) is 9.98. The lowest BCUT2D eigenvalue weighted by Gasteiger charge is -2.13. The van der Waals surface area contributed by atoms with Crippen LogP contribution in [-0.4, -0.2) is 36.4 Å². The van der Waals surface area contributed by atoms with Gasteiger partial charge in [-0.2, -0.15) is 5.10 Å². The maximum Gasteiger partial charge on any atom is 0.266 e. The van der Waals surface area contributed by atoms with Crippen molar-refractivity contribution in [3.63, 3.8) is 0 Å². The molecule has 1 saturated heterocycles. The van der Waals surface area contributed by atoms with Gasteiger partial charge in [0.1, 0.15) is 10.0 Å². The summed E-state index contributed by atoms with van der Waals surface area (Å²) in [6.07, 6.45) is 10.5. The zero-order valence-electron chi connectivity index (χ0n) is 16.7. The van der Waals surface area contributed by atoms with Gasteiger partial charge in [-0.1, -0.05) is 61.9 Å². The largest absolute Gasteiger partial charge is 0.293 e. The normalized spacial score (nSPS) is 15.4. The van der Waals surface area contributed by atoms with Crippen molar-refractivity contribution in [1.82, 2.24) is 19.7 Å². The van der Waals surface area contributed by atoms with E-state index in [1.807, 2.05) is 59.4 Å². The quantitative estimate of drug-likeness (QED) is 0.286. The minimum absolute atomic E-state index is 0.0192. The molecule has 4 rings (SSSR count). The summed E-state index contributed by atoms with van der Waals surface area (Å²) in [4.78, 5) is 19.4. The Morgan fingerprint density at radius 3 is 2.60 bits per heavy atom. The predicted octanol–water partition coefficient (Wildman–Crippen LogP) is 5.33. The Hall–Kier alpha value is -2.77. The van der Waals surface area contributed by atoms with Gasteiger partial charge in [-0.3, -0.25) is 14.7 Å². The third kappa shape index (κ3) is 4.37. The van der Waals surface area contributed by atoms with E-state index in [0.29, 0.717) is 15.8 Å². The number of thiocarbonyl (C=S) groups is 1. The van der Waals surface area contributed by atoms with Crippen LogP contribution < -0.4 is 0 Å². The molecule has 1 aromatic carbocycles. The molecule has 1 aliphatic rings. The van der Waals surface area contributed by atoms with Crippen LogP contribution in [0.5, 0.6) is 0 Å². The fourth-order valence-corrected chi connectivity index (χ4v) is 4.59. The summed E-state index contributed by atoms with van der Waals surface area (Å²) < 4.78 is 2.46. The van der Waals surface area contributed by atoms with E-state index in [2.05, 4.69) is 11.9 Å². The number of unbranched alkanes of at least 4 members (excludes halogenated alkanes) is 2. The van der Waals surface area contributed by atoms with Crippen LogP contribution in [-0.2, 0) is 4.79 Å². The average molecular weight is 435 g/mol. The van der Waals surface area contributed by atoms with Gasteiger partial charge in [0.2, 0.25) is 0 Å². The van der Waals surface area contributed by atoms with Crippen molar-refractivity contribution in [2.75, 3.05) is 6.54 Å². The number of hydrogen-bond acceptors (Lipinski definition) is 5. The van der Waals surface area contributed by atoms with E-state index < -0.39 is 0 Å². The zero-order valence-corrected chi connectivity index (χ0v) is 18.3. The number of para-hydroxylation sites is 1. The molecule has 3 heterocycles. The number of aromatic nitrogens is 3. The van der Waals surface area contributed by atoms with Crippen LogP contribution in [0.4, 0.5) is 0 Å². The molecule has 0 unspecified atom stereocenters. The van der Waals surface area contributed by atoms with Crippen LogP contribution in [0.3, 0.4) is 0 Å². The second-order valence-corrected chi connectivity index (χ2v) is 8.67. The monoisotopic (exact) mass is 434 g/mol. The number of hydrogen-bond donors (Lipinski definition) is 0. The van der Waals surface area contributed by atoms with Crippen LogP contribution in [0.2, 0.25) is 0 Å². The SMILES string of the molecule is CCCCCN1C(=O)/C(=C/c2cn(-c3ccccc3)nc2-c2ccncc2)SC1=S. The van der Waals surface area contributed by atoms with E-state index in [9.17, 15) is 4.79 Å². The molecule has 0 bridgehead atoms. The summed E-state index contributed by atoms with van der Waals surface area (Å²) >= 11 is 6.83. The number of pyridine rings is 1. The highest BCUT2D eigenvalue weighted by molar-refractivity contribution is 8.26. The van der Waals surface area contributed by atoms with Gasteiger partial charge in [0.05, 0.1) is 10.6 Å². The number of rotatable bonds is 7. The third-order valence-electron chi connectivity index (χ3n) is 4.86. The molecular formula is C23H22N4OS2. The number of amides is 1. The number of benzene rings is 1. The molecule has 30 heavy (non-hydrogen) atoms. The molecule has 7 heteroatoms. The molecule has 0 aliphatic carbocycles. The Kier molecular flexibility index (Phi) is 6.40. The first-order valence-corrected chi connectivity index (χ1v) is 11.2. The standard InChI is InChI=1S/C23H22N4OS2/c1-2-3-7-14-26-22(28)20(30-23(26)29)15-18-16-27(19-8-5-4-6-9-19)25-21(18)17-10-12-24-13-11-17/h4-6,8-13,15-16H,2-3,7,14H2,1H3/b20-15-. The van der Waals surface area contributed by atoms with Crippen LogP contribution in [0.1, 0.15) is 31.7 Å². The molecular weight excluding hydrogens is 412 g/mol. The lowest BCUT2D eigenvalue weighted by atomic mass is 10.1. The Labute approximate surface area is 185 Å². The van der Waals surface area contributed by atoms with Gasteiger partial charge >= 0.3 is 0 Å². The van der Waals surface area contributed by atoms with E-state index in [1.165, 1.54) is 11.8 Å². The molecule has 2 aromatic heterocycles. The molecule has 3 aromatic rings. The van der Waals surface area contributed by atoms with Crippen molar-refractivity contribution >= 4 is 40.3 Å². The highest BCUT2D eigenvalue weighted by Gasteiger charge is 2.31. The summed E-state index contributed by atoms with van der Waals surface area (Å²) in [5.41, 5.74) is 3.58. The third-order valence-corrected chi connectivity index (χ3v) is 6.24. The first-order chi connectivity index (χ1) is 14.7. The van der Waals surface area contributed by atoms with Crippen molar-refractivity contribution in [2.24, 2.45) is 0 Å². The molecule has 0 atom stereocenters. The topological polar surface area (TPSA) is 51.0 Å². The van der Waals surface area contributed by atoms with Gasteiger partial charge in [-0.15, -0.1) is 0 Å². The molecule has 1 aliphatic heterocycles. The summed E-state index contributed by atoms with van der Waals surface area (Å²) in [5, 5.41) is 4.79. The smallest absolute Gasteiger partial charge is 0.266 e. The number of thioether (sulfide) groups is 1. The second-order valence-electron chi connectivity index (χ2n) is 6.99. The molecule has 1 amide bonds. The van der Waals surface area contributed by atoms with E-state index in [0.717, 1.165) is 41.8 Å². The Balaban J connectivity index is 1.70. The number of carbonyl (C=O) groups excluding carboxylic acids is 1. The van der Waals surface area contributed by atoms with Crippen LogP contribution in [0.15, 0.2) is 66.0 Å². The Bertz CT molecular complexity index is 1080. The van der Waals surface area contributed by atoms with Crippen LogP contribution in [0, 0.1) is 0 Å². The van der Waals surface area contributed by atoms with Crippen molar-refractivity contribution in [3.8, 4) is 16.9 Å². The van der Waals surface area contributed by atoms with Gasteiger partial charge in [-0.25, -0.2) is 4.68 Å². The van der Waals surface area contributed by atoms with E-state index in [1.54, 1.807) is 17.3 Å². The highest BCUT2D eigenvalue weighted by atomic mass is 32.2. The summed E-state index contributed by atoms with van der Waals surface area (Å²) in [6, 6.07) is 13.8. The average Bonchev–Trinajstić information content (AvgIpc) is 3.31. The van der Waals surface area contributed by atoms with Crippen LogP contribution in [0.25, 0.3) is 23.0 Å². The number of carbonyl (C=O) groups is 1. The van der Waals surface area contributed by atoms with E-state index in [4.69, 9.17) is 17.3 Å².